The average Bonchev–Trinajstić information content (AvgIpc) is 3.73. The van der Waals surface area contributed by atoms with E-state index in [9.17, 15) is 18.3 Å². The van der Waals surface area contributed by atoms with E-state index in [1.807, 2.05) is 4.57 Å². The van der Waals surface area contributed by atoms with Crippen molar-refractivity contribution in [2.75, 3.05) is 33.9 Å². The Bertz CT molecular complexity index is 1540. The largest absolute Gasteiger partial charge is 0.506 e. The van der Waals surface area contributed by atoms with Crippen molar-refractivity contribution in [1.82, 2.24) is 9.47 Å². The van der Waals surface area contributed by atoms with Crippen molar-refractivity contribution < 1.29 is 32.5 Å². The van der Waals surface area contributed by atoms with Gasteiger partial charge in [0.2, 0.25) is 0 Å². The third-order valence-electron chi connectivity index (χ3n) is 7.69. The van der Waals surface area contributed by atoms with Gasteiger partial charge in [-0.3, -0.25) is 4.90 Å². The second-order valence-corrected chi connectivity index (χ2v) is 13.2. The second-order valence-electron chi connectivity index (χ2n) is 10.3. The van der Waals surface area contributed by atoms with Gasteiger partial charge in [0, 0.05) is 35.3 Å². The van der Waals surface area contributed by atoms with Gasteiger partial charge in [-0.2, -0.15) is 0 Å². The summed E-state index contributed by atoms with van der Waals surface area (Å²) < 4.78 is 46.4. The van der Waals surface area contributed by atoms with E-state index in [0.29, 0.717) is 39.2 Å². The molecule has 216 valence electrons. The van der Waals surface area contributed by atoms with Crippen molar-refractivity contribution in [1.29, 1.82) is 0 Å². The minimum absolute atomic E-state index is 0.0561. The van der Waals surface area contributed by atoms with Crippen LogP contribution in [0, 0.1) is 0 Å². The summed E-state index contributed by atoms with van der Waals surface area (Å²) in [6.07, 6.45) is 5.05. The van der Waals surface area contributed by atoms with Gasteiger partial charge < -0.3 is 23.9 Å². The minimum atomic E-state index is -3.93. The Morgan fingerprint density at radius 3 is 2.40 bits per heavy atom. The predicted octanol–water partition coefficient (Wildman–Crippen LogP) is 5.60. The number of carbonyl (C=O) groups is 1. The summed E-state index contributed by atoms with van der Waals surface area (Å²) in [6.45, 7) is 4.10. The normalized spacial score (nSPS) is 16.3. The number of hydrogen-bond acceptors (Lipinski definition) is 8. The molecule has 0 atom stereocenters. The summed E-state index contributed by atoms with van der Waals surface area (Å²) in [5.41, 5.74) is 1.92. The summed E-state index contributed by atoms with van der Waals surface area (Å²) in [6, 6.07) is 6.32. The number of ether oxygens (including phenoxy) is 3. The van der Waals surface area contributed by atoms with Crippen molar-refractivity contribution in [3.8, 4) is 17.2 Å². The number of hydrogen-bond donors (Lipinski definition) is 1. The van der Waals surface area contributed by atoms with Crippen LogP contribution in [0.15, 0.2) is 33.6 Å². The van der Waals surface area contributed by atoms with Gasteiger partial charge in [-0.1, -0.05) is 6.42 Å². The van der Waals surface area contributed by atoms with Crippen LogP contribution in [0.1, 0.15) is 66.7 Å². The molecule has 5 rings (SSSR count). The molecule has 9 nitrogen and oxygen atoms in total. The van der Waals surface area contributed by atoms with Gasteiger partial charge in [-0.05, 0) is 79.8 Å². The summed E-state index contributed by atoms with van der Waals surface area (Å²) in [5, 5.41) is 11.8. The highest BCUT2D eigenvalue weighted by atomic mass is 79.9. The number of halogens is 1. The number of sulfone groups is 1. The molecule has 40 heavy (non-hydrogen) atoms. The summed E-state index contributed by atoms with van der Waals surface area (Å²) in [5.74, 6) is -0.224. The molecule has 3 aromatic rings. The van der Waals surface area contributed by atoms with Crippen LogP contribution >= 0.6 is 15.9 Å². The molecule has 1 saturated carbocycles. The molecule has 2 aromatic carbocycles. The zero-order valence-corrected chi connectivity index (χ0v) is 25.4. The fourth-order valence-corrected chi connectivity index (χ4v) is 7.47. The molecular weight excluding hydrogens is 600 g/mol. The maximum atomic E-state index is 13.9. The molecule has 1 aliphatic carbocycles. The number of phenolic OH excluding ortho intramolecular Hbond substituents is 1. The van der Waals surface area contributed by atoms with Crippen molar-refractivity contribution >= 4 is 42.6 Å². The number of phenols is 1. The van der Waals surface area contributed by atoms with E-state index in [2.05, 4.69) is 20.8 Å². The Balaban J connectivity index is 1.72. The van der Waals surface area contributed by atoms with Gasteiger partial charge in [0.1, 0.15) is 5.75 Å². The van der Waals surface area contributed by atoms with E-state index in [0.717, 1.165) is 44.3 Å². The number of nitrogens with zero attached hydrogens (tertiary/aromatic N) is 2. The fourth-order valence-electron chi connectivity index (χ4n) is 5.64. The molecule has 0 radical (unpaired) electrons. The average molecular weight is 636 g/mol. The number of methoxy groups -OCH3 is 2. The first-order valence-corrected chi connectivity index (χ1v) is 16.1. The second kappa shape index (κ2) is 11.6. The quantitative estimate of drug-likeness (QED) is 0.287. The van der Waals surface area contributed by atoms with Crippen LogP contribution < -0.4 is 9.47 Å². The first kappa shape index (κ1) is 28.8. The zero-order valence-electron chi connectivity index (χ0n) is 23.0. The molecule has 2 fully saturated rings. The molecule has 2 aliphatic rings. The van der Waals surface area contributed by atoms with Gasteiger partial charge in [0.05, 0.1) is 47.0 Å². The highest BCUT2D eigenvalue weighted by Crippen LogP contribution is 2.47. The maximum absolute atomic E-state index is 13.9. The van der Waals surface area contributed by atoms with Crippen molar-refractivity contribution in [3.63, 3.8) is 0 Å². The lowest BCUT2D eigenvalue weighted by Gasteiger charge is -2.27. The van der Waals surface area contributed by atoms with Gasteiger partial charge in [-0.15, -0.1) is 0 Å². The third-order valence-corrected chi connectivity index (χ3v) is 9.92. The first-order valence-electron chi connectivity index (χ1n) is 13.6. The Morgan fingerprint density at radius 1 is 1.07 bits per heavy atom. The van der Waals surface area contributed by atoms with Gasteiger partial charge in [0.25, 0.3) is 0 Å². The van der Waals surface area contributed by atoms with E-state index in [4.69, 9.17) is 14.2 Å². The number of carbonyl (C=O) groups excluding carboxylic acids is 1. The molecule has 1 aliphatic heterocycles. The van der Waals surface area contributed by atoms with Crippen LogP contribution in [-0.4, -0.2) is 62.9 Å². The van der Waals surface area contributed by atoms with Crippen LogP contribution in [0.5, 0.6) is 17.2 Å². The smallest absolute Gasteiger partial charge is 0.340 e. The van der Waals surface area contributed by atoms with E-state index in [-0.39, 0.29) is 28.9 Å². The van der Waals surface area contributed by atoms with Crippen molar-refractivity contribution in [3.05, 3.63) is 45.6 Å². The van der Waals surface area contributed by atoms with Gasteiger partial charge >= 0.3 is 5.97 Å². The Labute approximate surface area is 243 Å². The van der Waals surface area contributed by atoms with Gasteiger partial charge in [-0.25, -0.2) is 13.2 Å². The van der Waals surface area contributed by atoms with Crippen LogP contribution in [-0.2, 0) is 26.9 Å². The summed E-state index contributed by atoms with van der Waals surface area (Å²) >= 11 is 3.52. The Kier molecular flexibility index (Phi) is 8.35. The van der Waals surface area contributed by atoms with E-state index in [1.54, 1.807) is 19.1 Å². The number of fused-ring (bicyclic) bond motifs is 1. The number of rotatable bonds is 10. The SMILES string of the molecule is CCOC(=O)c1c(CS(=O)(=O)c2ccc(OC)c(OC)c2)n(C2CC2)c2cc(Br)c(O)c(CN3CCCCC3)c12. The standard InChI is InChI=1S/C29H35BrN2O7S/c1-4-39-29(34)27-23(17-40(35,36)19-10-11-24(37-2)25(14-19)38-3)32(18-8-9-18)22-15-21(30)28(33)20(26(22)27)16-31-12-6-5-7-13-31/h10-11,14-15,18,33H,4-9,12-13,16-17H2,1-3H3. The Morgan fingerprint density at radius 2 is 1.77 bits per heavy atom. The number of piperidine rings is 1. The number of aromatic hydroxyl groups is 1. The molecule has 1 aromatic heterocycles. The number of benzene rings is 2. The van der Waals surface area contributed by atoms with Crippen molar-refractivity contribution in [2.45, 2.75) is 62.3 Å². The van der Waals surface area contributed by atoms with Gasteiger partial charge in [0.15, 0.2) is 21.3 Å². The van der Waals surface area contributed by atoms with E-state index < -0.39 is 21.6 Å². The first-order chi connectivity index (χ1) is 19.2. The minimum Gasteiger partial charge on any atom is -0.506 e. The number of aromatic nitrogens is 1. The predicted molar refractivity (Wildman–Crippen MR) is 155 cm³/mol. The molecule has 0 unspecified atom stereocenters. The summed E-state index contributed by atoms with van der Waals surface area (Å²) in [7, 11) is -0.989. The molecule has 2 heterocycles. The molecular formula is C29H35BrN2O7S. The highest BCUT2D eigenvalue weighted by Gasteiger charge is 2.37. The lowest BCUT2D eigenvalue weighted by molar-refractivity contribution is 0.0527. The molecule has 1 N–H and O–H groups in total. The lowest BCUT2D eigenvalue weighted by atomic mass is 10.0. The molecule has 0 spiro atoms. The highest BCUT2D eigenvalue weighted by molar-refractivity contribution is 9.10. The van der Waals surface area contributed by atoms with Crippen LogP contribution in [0.2, 0.25) is 0 Å². The Hall–Kier alpha value is -2.76. The fraction of sp³-hybridized carbons (Fsp3) is 0.483. The van der Waals surface area contributed by atoms with Crippen molar-refractivity contribution in [2.24, 2.45) is 0 Å². The van der Waals surface area contributed by atoms with Crippen LogP contribution in [0.25, 0.3) is 10.9 Å². The topological polar surface area (TPSA) is 107 Å². The van der Waals surface area contributed by atoms with Crippen LogP contribution in [0.4, 0.5) is 0 Å². The maximum Gasteiger partial charge on any atom is 0.340 e. The molecule has 0 amide bonds. The zero-order chi connectivity index (χ0) is 28.6. The van der Waals surface area contributed by atoms with E-state index >= 15 is 0 Å². The molecule has 11 heteroatoms. The van der Waals surface area contributed by atoms with E-state index in [1.165, 1.54) is 32.8 Å². The molecule has 1 saturated heterocycles. The number of likely N-dealkylation sites (tertiary alicyclic amines) is 1. The third kappa shape index (κ3) is 5.43. The van der Waals surface area contributed by atoms with Crippen LogP contribution in [0.3, 0.4) is 0 Å². The lowest BCUT2D eigenvalue weighted by Crippen LogP contribution is -2.29. The number of esters is 1. The molecule has 0 bridgehead atoms. The summed E-state index contributed by atoms with van der Waals surface area (Å²) in [4.78, 5) is 15.9. The monoisotopic (exact) mass is 634 g/mol.